The summed E-state index contributed by atoms with van der Waals surface area (Å²) in [4.78, 5) is 17.7. The Hall–Kier alpha value is -3.45. The van der Waals surface area contributed by atoms with E-state index in [1.807, 2.05) is 52.5 Å². The molecule has 1 unspecified atom stereocenters. The standard InChI is InChI=1S/C24H22N4O2S/c1-30-17-5-7-22-20(12-17)23(8-9-26-22)28-14-16-11-15(4-6-21(16)27-28)19(24(25)29)13-18-3-2-10-31-18/h2-3,5,7-10,12-15H,4,6,11H2,1H3,(H2,25,29). The number of primary amides is 1. The van der Waals surface area contributed by atoms with Gasteiger partial charge in [0.05, 0.1) is 24.0 Å². The van der Waals surface area contributed by atoms with Gasteiger partial charge in [0.15, 0.2) is 0 Å². The molecule has 31 heavy (non-hydrogen) atoms. The number of hydrogen-bond acceptors (Lipinski definition) is 5. The smallest absolute Gasteiger partial charge is 0.244 e. The van der Waals surface area contributed by atoms with Gasteiger partial charge in [-0.05, 0) is 72.5 Å². The summed E-state index contributed by atoms with van der Waals surface area (Å²) >= 11 is 1.61. The monoisotopic (exact) mass is 430 g/mol. The first-order valence-corrected chi connectivity index (χ1v) is 11.1. The highest BCUT2D eigenvalue weighted by atomic mass is 32.1. The summed E-state index contributed by atoms with van der Waals surface area (Å²) in [5, 5.41) is 7.84. The van der Waals surface area contributed by atoms with E-state index in [0.717, 1.165) is 57.7 Å². The molecule has 0 saturated carbocycles. The lowest BCUT2D eigenvalue weighted by Crippen LogP contribution is -2.25. The van der Waals surface area contributed by atoms with Crippen molar-refractivity contribution in [3.8, 4) is 11.4 Å². The molecule has 0 fully saturated rings. The third-order valence-electron chi connectivity index (χ3n) is 5.81. The molecule has 7 heteroatoms. The van der Waals surface area contributed by atoms with Gasteiger partial charge in [0, 0.05) is 28.2 Å². The van der Waals surface area contributed by atoms with Crippen LogP contribution in [0.15, 0.2) is 59.7 Å². The molecule has 1 aliphatic rings. The maximum Gasteiger partial charge on any atom is 0.244 e. The van der Waals surface area contributed by atoms with Crippen LogP contribution in [0.4, 0.5) is 0 Å². The van der Waals surface area contributed by atoms with Gasteiger partial charge in [-0.25, -0.2) is 4.68 Å². The zero-order valence-corrected chi connectivity index (χ0v) is 17.9. The molecule has 3 heterocycles. The second kappa shape index (κ2) is 8.00. The quantitative estimate of drug-likeness (QED) is 0.482. The van der Waals surface area contributed by atoms with Crippen molar-refractivity contribution in [1.82, 2.24) is 14.8 Å². The van der Waals surface area contributed by atoms with Crippen LogP contribution < -0.4 is 10.5 Å². The van der Waals surface area contributed by atoms with Crippen molar-refractivity contribution < 1.29 is 9.53 Å². The lowest BCUT2D eigenvalue weighted by atomic mass is 9.82. The van der Waals surface area contributed by atoms with Crippen molar-refractivity contribution in [2.45, 2.75) is 19.3 Å². The molecule has 1 atom stereocenters. The highest BCUT2D eigenvalue weighted by Crippen LogP contribution is 2.33. The van der Waals surface area contributed by atoms with Crippen molar-refractivity contribution >= 4 is 34.2 Å². The number of pyridine rings is 1. The Bertz CT molecular complexity index is 1290. The Balaban J connectivity index is 1.50. The van der Waals surface area contributed by atoms with Crippen molar-refractivity contribution in [2.24, 2.45) is 11.7 Å². The molecule has 3 aromatic heterocycles. The van der Waals surface area contributed by atoms with Gasteiger partial charge in [0.2, 0.25) is 5.91 Å². The van der Waals surface area contributed by atoms with Gasteiger partial charge in [0.25, 0.3) is 0 Å². The zero-order valence-electron chi connectivity index (χ0n) is 17.1. The number of benzene rings is 1. The minimum atomic E-state index is -0.346. The SMILES string of the molecule is COc1ccc2nccc(-n3cc4c(n3)CCC(C(=Cc3cccs3)C(N)=O)C4)c2c1. The molecule has 0 aliphatic heterocycles. The van der Waals surface area contributed by atoms with Crippen LogP contribution in [-0.4, -0.2) is 27.8 Å². The summed E-state index contributed by atoms with van der Waals surface area (Å²) in [6.07, 6.45) is 8.23. The minimum absolute atomic E-state index is 0.0963. The number of carbonyl (C=O) groups excluding carboxylic acids is 1. The summed E-state index contributed by atoms with van der Waals surface area (Å²) in [7, 11) is 1.66. The maximum atomic E-state index is 12.2. The Morgan fingerprint density at radius 1 is 1.32 bits per heavy atom. The van der Waals surface area contributed by atoms with Crippen molar-refractivity contribution in [3.05, 3.63) is 75.9 Å². The normalized spacial score (nSPS) is 16.3. The molecule has 2 N–H and O–H groups in total. The molecule has 156 valence electrons. The number of nitrogens with two attached hydrogens (primary N) is 1. The molecule has 1 amide bonds. The number of ether oxygens (including phenoxy) is 1. The third kappa shape index (κ3) is 3.72. The highest BCUT2D eigenvalue weighted by Gasteiger charge is 2.27. The molecule has 1 aliphatic carbocycles. The number of nitrogens with zero attached hydrogens (tertiary/aromatic N) is 3. The van der Waals surface area contributed by atoms with Crippen molar-refractivity contribution in [2.75, 3.05) is 7.11 Å². The van der Waals surface area contributed by atoms with Gasteiger partial charge in [-0.15, -0.1) is 11.3 Å². The van der Waals surface area contributed by atoms with Gasteiger partial charge in [-0.2, -0.15) is 5.10 Å². The van der Waals surface area contributed by atoms with E-state index in [1.54, 1.807) is 24.6 Å². The fraction of sp³-hybridized carbons (Fsp3) is 0.208. The van der Waals surface area contributed by atoms with E-state index in [4.69, 9.17) is 15.6 Å². The maximum absolute atomic E-state index is 12.2. The van der Waals surface area contributed by atoms with Crippen molar-refractivity contribution in [3.63, 3.8) is 0 Å². The fourth-order valence-electron chi connectivity index (χ4n) is 4.25. The molecule has 5 rings (SSSR count). The molecule has 0 saturated heterocycles. The summed E-state index contributed by atoms with van der Waals surface area (Å²) in [5.74, 6) is 0.532. The van der Waals surface area contributed by atoms with Crippen LogP contribution in [0, 0.1) is 5.92 Å². The summed E-state index contributed by atoms with van der Waals surface area (Å²) < 4.78 is 7.31. The predicted molar refractivity (Wildman–Crippen MR) is 122 cm³/mol. The van der Waals surface area contributed by atoms with Crippen LogP contribution in [0.2, 0.25) is 0 Å². The second-order valence-corrected chi connectivity index (χ2v) is 8.66. The molecule has 6 nitrogen and oxygen atoms in total. The van der Waals surface area contributed by atoms with Crippen LogP contribution in [0.5, 0.6) is 5.75 Å². The summed E-state index contributed by atoms with van der Waals surface area (Å²) in [6.45, 7) is 0. The van der Waals surface area contributed by atoms with Gasteiger partial charge in [-0.1, -0.05) is 6.07 Å². The van der Waals surface area contributed by atoms with E-state index in [9.17, 15) is 4.79 Å². The van der Waals surface area contributed by atoms with Gasteiger partial charge in [-0.3, -0.25) is 9.78 Å². The summed E-state index contributed by atoms with van der Waals surface area (Å²) in [6, 6.07) is 11.8. The Morgan fingerprint density at radius 3 is 3.00 bits per heavy atom. The number of carbonyl (C=O) groups is 1. The first kappa shape index (κ1) is 19.5. The van der Waals surface area contributed by atoms with E-state index in [1.165, 1.54) is 0 Å². The zero-order chi connectivity index (χ0) is 21.4. The number of fused-ring (bicyclic) bond motifs is 2. The first-order chi connectivity index (χ1) is 15.1. The molecule has 0 spiro atoms. The number of aryl methyl sites for hydroxylation is 1. The molecule has 4 aromatic rings. The molecule has 1 aromatic carbocycles. The number of amides is 1. The largest absolute Gasteiger partial charge is 0.497 e. The molecular formula is C24H22N4O2S. The van der Waals surface area contributed by atoms with Crippen LogP contribution in [0.3, 0.4) is 0 Å². The average molecular weight is 431 g/mol. The second-order valence-electron chi connectivity index (χ2n) is 7.68. The lowest BCUT2D eigenvalue weighted by Gasteiger charge is -2.22. The van der Waals surface area contributed by atoms with Gasteiger partial charge in [0.1, 0.15) is 5.75 Å². The van der Waals surface area contributed by atoms with Crippen LogP contribution in [-0.2, 0) is 17.6 Å². The highest BCUT2D eigenvalue weighted by molar-refractivity contribution is 7.10. The Kier molecular flexibility index (Phi) is 5.03. The van der Waals surface area contributed by atoms with E-state index in [-0.39, 0.29) is 11.8 Å². The molecule has 0 radical (unpaired) electrons. The van der Waals surface area contributed by atoms with E-state index in [2.05, 4.69) is 11.2 Å². The Labute approximate surface area is 184 Å². The van der Waals surface area contributed by atoms with Gasteiger partial charge < -0.3 is 10.5 Å². The number of rotatable bonds is 5. The van der Waals surface area contributed by atoms with E-state index >= 15 is 0 Å². The minimum Gasteiger partial charge on any atom is -0.497 e. The van der Waals surface area contributed by atoms with Crippen LogP contribution >= 0.6 is 11.3 Å². The number of aromatic nitrogens is 3. The third-order valence-corrected chi connectivity index (χ3v) is 6.63. The van der Waals surface area contributed by atoms with Crippen molar-refractivity contribution in [1.29, 1.82) is 0 Å². The fourth-order valence-corrected chi connectivity index (χ4v) is 4.91. The first-order valence-electron chi connectivity index (χ1n) is 10.2. The van der Waals surface area contributed by atoms with Gasteiger partial charge >= 0.3 is 0 Å². The summed E-state index contributed by atoms with van der Waals surface area (Å²) in [5.41, 5.74) is 10.5. The van der Waals surface area contributed by atoms with E-state index in [0.29, 0.717) is 5.57 Å². The lowest BCUT2D eigenvalue weighted by molar-refractivity contribution is -0.115. The Morgan fingerprint density at radius 2 is 2.23 bits per heavy atom. The van der Waals surface area contributed by atoms with Crippen LogP contribution in [0.1, 0.15) is 22.6 Å². The average Bonchev–Trinajstić information content (AvgIpc) is 3.45. The van der Waals surface area contributed by atoms with Crippen LogP contribution in [0.25, 0.3) is 22.7 Å². The number of thiophene rings is 1. The van der Waals surface area contributed by atoms with E-state index < -0.39 is 0 Å². The predicted octanol–water partition coefficient (Wildman–Crippen LogP) is 4.16. The molecule has 0 bridgehead atoms. The number of methoxy groups -OCH3 is 1. The topological polar surface area (TPSA) is 83.0 Å². The number of hydrogen-bond donors (Lipinski definition) is 1. The molecular weight excluding hydrogens is 408 g/mol.